The summed E-state index contributed by atoms with van der Waals surface area (Å²) in [4.78, 5) is 29.0. The molecule has 0 aliphatic carbocycles. The summed E-state index contributed by atoms with van der Waals surface area (Å²) in [6, 6.07) is 17.5. The smallest absolute Gasteiger partial charge is 0.274 e. The van der Waals surface area contributed by atoms with Crippen LogP contribution in [0, 0.1) is 0 Å². The highest BCUT2D eigenvalue weighted by Gasteiger charge is 2.13. The largest absolute Gasteiger partial charge is 0.322 e. The van der Waals surface area contributed by atoms with Crippen molar-refractivity contribution in [1.29, 1.82) is 0 Å². The molecule has 0 radical (unpaired) electrons. The Hall–Kier alpha value is -3.18. The van der Waals surface area contributed by atoms with Gasteiger partial charge in [-0.05, 0) is 60.0 Å². The lowest BCUT2D eigenvalue weighted by atomic mass is 10.0. The molecule has 2 N–H and O–H groups in total. The molecule has 2 aromatic carbocycles. The number of nitrogens with zero attached hydrogens (tertiary/aromatic N) is 1. The fourth-order valence-corrected chi connectivity index (χ4v) is 2.70. The van der Waals surface area contributed by atoms with Crippen LogP contribution in [0.1, 0.15) is 46.2 Å². The Balaban J connectivity index is 1.70. The predicted octanol–water partition coefficient (Wildman–Crippen LogP) is 5.36. The molecule has 0 unspecified atom stereocenters. The van der Waals surface area contributed by atoms with Crippen molar-refractivity contribution in [2.24, 2.45) is 0 Å². The normalized spacial score (nSPS) is 10.6. The molecule has 28 heavy (non-hydrogen) atoms. The van der Waals surface area contributed by atoms with Crippen molar-refractivity contribution >= 4 is 34.8 Å². The lowest BCUT2D eigenvalue weighted by Gasteiger charge is -2.09. The van der Waals surface area contributed by atoms with Gasteiger partial charge in [-0.25, -0.2) is 0 Å². The van der Waals surface area contributed by atoms with Crippen molar-refractivity contribution in [2.45, 2.75) is 19.8 Å². The van der Waals surface area contributed by atoms with Crippen molar-refractivity contribution in [2.75, 3.05) is 10.6 Å². The highest BCUT2D eigenvalue weighted by atomic mass is 35.5. The second kappa shape index (κ2) is 8.67. The second-order valence-electron chi connectivity index (χ2n) is 6.62. The molecular weight excluding hydrogens is 374 g/mol. The highest BCUT2D eigenvalue weighted by Crippen LogP contribution is 2.18. The van der Waals surface area contributed by atoms with Crippen LogP contribution in [-0.4, -0.2) is 16.8 Å². The first kappa shape index (κ1) is 19.6. The molecule has 6 heteroatoms. The van der Waals surface area contributed by atoms with Crippen molar-refractivity contribution in [1.82, 2.24) is 4.98 Å². The molecule has 2 amide bonds. The van der Waals surface area contributed by atoms with Crippen molar-refractivity contribution in [3.63, 3.8) is 0 Å². The van der Waals surface area contributed by atoms with Crippen LogP contribution in [0.2, 0.25) is 5.02 Å². The highest BCUT2D eigenvalue weighted by molar-refractivity contribution is 6.30. The molecule has 0 aliphatic rings. The molecule has 0 saturated carbocycles. The number of halogens is 1. The van der Waals surface area contributed by atoms with E-state index in [1.165, 1.54) is 17.8 Å². The molecule has 3 rings (SSSR count). The fourth-order valence-electron chi connectivity index (χ4n) is 2.58. The Morgan fingerprint density at radius 2 is 1.43 bits per heavy atom. The van der Waals surface area contributed by atoms with Crippen LogP contribution in [0.5, 0.6) is 0 Å². The Morgan fingerprint density at radius 3 is 2.04 bits per heavy atom. The molecule has 142 valence electrons. The van der Waals surface area contributed by atoms with Gasteiger partial charge in [0.05, 0.1) is 0 Å². The number of hydrogen-bond donors (Lipinski definition) is 2. The third-order valence-corrected chi connectivity index (χ3v) is 4.44. The number of carbonyl (C=O) groups excluding carboxylic acids is 2. The minimum atomic E-state index is -0.376. The van der Waals surface area contributed by atoms with E-state index < -0.39 is 0 Å². The van der Waals surface area contributed by atoms with Crippen LogP contribution in [-0.2, 0) is 0 Å². The van der Waals surface area contributed by atoms with Gasteiger partial charge in [-0.1, -0.05) is 37.6 Å². The van der Waals surface area contributed by atoms with E-state index in [4.69, 9.17) is 11.6 Å². The van der Waals surface area contributed by atoms with Crippen molar-refractivity contribution < 1.29 is 9.59 Å². The molecule has 0 atom stereocenters. The van der Waals surface area contributed by atoms with E-state index in [2.05, 4.69) is 29.5 Å². The SMILES string of the molecule is CC(C)c1ccc(NC(=O)c2cc(C(=O)Nc3ccc(Cl)cc3)ccn2)cc1. The zero-order valence-electron chi connectivity index (χ0n) is 15.6. The number of carbonyl (C=O) groups is 2. The first-order chi connectivity index (χ1) is 13.4. The van der Waals surface area contributed by atoms with E-state index in [0.29, 0.717) is 27.9 Å². The molecule has 0 bridgehead atoms. The van der Waals surface area contributed by atoms with Crippen molar-refractivity contribution in [3.8, 4) is 0 Å². The summed E-state index contributed by atoms with van der Waals surface area (Å²) in [5, 5.41) is 6.15. The summed E-state index contributed by atoms with van der Waals surface area (Å²) < 4.78 is 0. The Bertz CT molecular complexity index is 983. The Morgan fingerprint density at radius 1 is 0.857 bits per heavy atom. The van der Waals surface area contributed by atoms with Gasteiger partial charge >= 0.3 is 0 Å². The first-order valence-corrected chi connectivity index (χ1v) is 9.24. The molecule has 3 aromatic rings. The predicted molar refractivity (Wildman–Crippen MR) is 112 cm³/mol. The average Bonchev–Trinajstić information content (AvgIpc) is 2.70. The third kappa shape index (κ3) is 4.96. The quantitative estimate of drug-likeness (QED) is 0.612. The zero-order valence-corrected chi connectivity index (χ0v) is 16.3. The first-order valence-electron chi connectivity index (χ1n) is 8.86. The summed E-state index contributed by atoms with van der Waals surface area (Å²) in [5.74, 6) is -0.291. The number of aromatic nitrogens is 1. The molecule has 1 aromatic heterocycles. The van der Waals surface area contributed by atoms with Crippen molar-refractivity contribution in [3.05, 3.63) is 88.7 Å². The number of rotatable bonds is 5. The number of pyridine rings is 1. The molecule has 0 spiro atoms. The maximum absolute atomic E-state index is 12.5. The van der Waals surface area contributed by atoms with E-state index >= 15 is 0 Å². The minimum absolute atomic E-state index is 0.164. The van der Waals surface area contributed by atoms with Crippen LogP contribution in [0.4, 0.5) is 11.4 Å². The van der Waals surface area contributed by atoms with E-state index in [0.717, 1.165) is 0 Å². The zero-order chi connectivity index (χ0) is 20.1. The van der Waals surface area contributed by atoms with Gasteiger partial charge in [0.2, 0.25) is 0 Å². The van der Waals surface area contributed by atoms with E-state index in [1.54, 1.807) is 30.3 Å². The van der Waals surface area contributed by atoms with Crippen LogP contribution < -0.4 is 10.6 Å². The van der Waals surface area contributed by atoms with Gasteiger partial charge in [-0.2, -0.15) is 0 Å². The van der Waals surface area contributed by atoms with Gasteiger partial charge < -0.3 is 10.6 Å². The lowest BCUT2D eigenvalue weighted by Crippen LogP contribution is -2.17. The third-order valence-electron chi connectivity index (χ3n) is 4.19. The molecular formula is C22H20ClN3O2. The second-order valence-corrected chi connectivity index (χ2v) is 7.06. The average molecular weight is 394 g/mol. The van der Waals surface area contributed by atoms with E-state index in [-0.39, 0.29) is 17.5 Å². The standard InChI is InChI=1S/C22H20ClN3O2/c1-14(2)15-3-7-18(8-4-15)26-22(28)20-13-16(11-12-24-20)21(27)25-19-9-5-17(23)6-10-19/h3-14H,1-2H3,(H,25,27)(H,26,28). The number of anilines is 2. The van der Waals surface area contributed by atoms with Gasteiger partial charge in [-0.15, -0.1) is 0 Å². The van der Waals surface area contributed by atoms with Crippen LogP contribution >= 0.6 is 11.6 Å². The van der Waals surface area contributed by atoms with Crippen LogP contribution in [0.25, 0.3) is 0 Å². The molecule has 0 fully saturated rings. The number of hydrogen-bond acceptors (Lipinski definition) is 3. The van der Waals surface area contributed by atoms with Crippen LogP contribution in [0.3, 0.4) is 0 Å². The van der Waals surface area contributed by atoms with E-state index in [1.807, 2.05) is 24.3 Å². The topological polar surface area (TPSA) is 71.1 Å². The fraction of sp³-hybridized carbons (Fsp3) is 0.136. The summed E-state index contributed by atoms with van der Waals surface area (Å²) in [6.45, 7) is 4.22. The molecule has 0 aliphatic heterocycles. The Kier molecular flexibility index (Phi) is 6.06. The number of nitrogens with one attached hydrogen (secondary N) is 2. The molecule has 1 heterocycles. The maximum atomic E-state index is 12.5. The van der Waals surface area contributed by atoms with Gasteiger partial charge in [0.1, 0.15) is 5.69 Å². The summed E-state index contributed by atoms with van der Waals surface area (Å²) in [6.07, 6.45) is 1.44. The summed E-state index contributed by atoms with van der Waals surface area (Å²) >= 11 is 5.85. The number of amides is 2. The maximum Gasteiger partial charge on any atom is 0.274 e. The van der Waals surface area contributed by atoms with Gasteiger partial charge in [-0.3, -0.25) is 14.6 Å². The number of benzene rings is 2. The Labute approximate surface area is 168 Å². The van der Waals surface area contributed by atoms with E-state index in [9.17, 15) is 9.59 Å². The lowest BCUT2D eigenvalue weighted by molar-refractivity contribution is 0.102. The van der Waals surface area contributed by atoms with Gasteiger partial charge in [0, 0.05) is 28.2 Å². The van der Waals surface area contributed by atoms with Gasteiger partial charge in [0.25, 0.3) is 11.8 Å². The summed E-state index contributed by atoms with van der Waals surface area (Å²) in [7, 11) is 0. The monoisotopic (exact) mass is 393 g/mol. The molecule has 0 saturated heterocycles. The summed E-state index contributed by atoms with van der Waals surface area (Å²) in [5.41, 5.74) is 2.98. The van der Waals surface area contributed by atoms with Gasteiger partial charge in [0.15, 0.2) is 0 Å². The molecule has 5 nitrogen and oxygen atoms in total. The minimum Gasteiger partial charge on any atom is -0.322 e. The van der Waals surface area contributed by atoms with Crippen LogP contribution in [0.15, 0.2) is 66.9 Å².